The van der Waals surface area contributed by atoms with Crippen LogP contribution in [-0.2, 0) is 0 Å². The van der Waals surface area contributed by atoms with Crippen LogP contribution in [0.4, 0.5) is 8.78 Å². The van der Waals surface area contributed by atoms with Crippen LogP contribution >= 0.6 is 0 Å². The van der Waals surface area contributed by atoms with Crippen molar-refractivity contribution in [2.75, 3.05) is 0 Å². The SMILES string of the molecule is C#CC(O)c1ccc(C(F)F)o1. The number of rotatable bonds is 2. The normalized spacial score (nSPS) is 12.9. The van der Waals surface area contributed by atoms with Crippen molar-refractivity contribution < 1.29 is 18.3 Å². The molecule has 0 fully saturated rings. The smallest absolute Gasteiger partial charge is 0.295 e. The fraction of sp³-hybridized carbons (Fsp3) is 0.250. The van der Waals surface area contributed by atoms with Crippen molar-refractivity contribution in [2.45, 2.75) is 12.5 Å². The minimum Gasteiger partial charge on any atom is -0.456 e. The summed E-state index contributed by atoms with van der Waals surface area (Å²) in [4.78, 5) is 0. The van der Waals surface area contributed by atoms with Crippen LogP contribution in [0, 0.1) is 12.3 Å². The Morgan fingerprint density at radius 1 is 1.42 bits per heavy atom. The lowest BCUT2D eigenvalue weighted by atomic mass is 10.3. The molecule has 0 aliphatic rings. The number of aliphatic hydroxyl groups excluding tert-OH is 1. The topological polar surface area (TPSA) is 33.4 Å². The number of halogens is 2. The molecular formula is C8H6F2O2. The second-order valence-corrected chi connectivity index (χ2v) is 2.11. The molecule has 1 aromatic rings. The van der Waals surface area contributed by atoms with E-state index in [1.807, 2.05) is 5.92 Å². The molecule has 1 atom stereocenters. The fourth-order valence-corrected chi connectivity index (χ4v) is 0.715. The van der Waals surface area contributed by atoms with Gasteiger partial charge in [-0.15, -0.1) is 6.42 Å². The zero-order valence-electron chi connectivity index (χ0n) is 6.00. The van der Waals surface area contributed by atoms with Gasteiger partial charge in [0.2, 0.25) is 0 Å². The van der Waals surface area contributed by atoms with Crippen molar-refractivity contribution in [2.24, 2.45) is 0 Å². The zero-order valence-corrected chi connectivity index (χ0v) is 6.00. The summed E-state index contributed by atoms with van der Waals surface area (Å²) in [7, 11) is 0. The highest BCUT2D eigenvalue weighted by molar-refractivity contribution is 5.16. The third-order valence-corrected chi connectivity index (χ3v) is 1.29. The first-order valence-electron chi connectivity index (χ1n) is 3.17. The maximum atomic E-state index is 11.9. The average Bonchev–Trinajstić information content (AvgIpc) is 2.51. The molecule has 0 radical (unpaired) electrons. The quantitative estimate of drug-likeness (QED) is 0.691. The summed E-state index contributed by atoms with van der Waals surface area (Å²) < 4.78 is 28.4. The first-order valence-corrected chi connectivity index (χ1v) is 3.17. The van der Waals surface area contributed by atoms with Crippen LogP contribution in [0.3, 0.4) is 0 Å². The highest BCUT2D eigenvalue weighted by Crippen LogP contribution is 2.23. The molecule has 0 aliphatic carbocycles. The monoisotopic (exact) mass is 172 g/mol. The van der Waals surface area contributed by atoms with Crippen molar-refractivity contribution in [3.8, 4) is 12.3 Å². The lowest BCUT2D eigenvalue weighted by Gasteiger charge is -1.97. The summed E-state index contributed by atoms with van der Waals surface area (Å²) in [6, 6.07) is 2.31. The summed E-state index contributed by atoms with van der Waals surface area (Å²) in [5, 5.41) is 8.95. The van der Waals surface area contributed by atoms with Gasteiger partial charge in [0.15, 0.2) is 11.9 Å². The number of hydrogen-bond donors (Lipinski definition) is 1. The summed E-state index contributed by atoms with van der Waals surface area (Å²) >= 11 is 0. The Kier molecular flexibility index (Phi) is 2.46. The molecular weight excluding hydrogens is 166 g/mol. The van der Waals surface area contributed by atoms with E-state index in [0.717, 1.165) is 6.07 Å². The molecule has 1 heterocycles. The standard InChI is InChI=1S/C8H6F2O2/c1-2-5(11)6-3-4-7(12-6)8(9)10/h1,3-5,8,11H. The molecule has 1 aromatic heterocycles. The van der Waals surface area contributed by atoms with E-state index in [1.54, 1.807) is 0 Å². The predicted octanol–water partition coefficient (Wildman–Crippen LogP) is 1.88. The van der Waals surface area contributed by atoms with Gasteiger partial charge in [0, 0.05) is 0 Å². The average molecular weight is 172 g/mol. The van der Waals surface area contributed by atoms with Gasteiger partial charge in [0.1, 0.15) is 5.76 Å². The molecule has 0 spiro atoms. The largest absolute Gasteiger partial charge is 0.456 e. The van der Waals surface area contributed by atoms with E-state index in [2.05, 4.69) is 4.42 Å². The van der Waals surface area contributed by atoms with Gasteiger partial charge in [-0.05, 0) is 12.1 Å². The van der Waals surface area contributed by atoms with Crippen molar-refractivity contribution >= 4 is 0 Å². The van der Waals surface area contributed by atoms with Crippen molar-refractivity contribution in [1.29, 1.82) is 0 Å². The van der Waals surface area contributed by atoms with E-state index in [1.165, 1.54) is 6.07 Å². The zero-order chi connectivity index (χ0) is 9.14. The third-order valence-electron chi connectivity index (χ3n) is 1.29. The van der Waals surface area contributed by atoms with Gasteiger partial charge in [-0.1, -0.05) is 5.92 Å². The van der Waals surface area contributed by atoms with E-state index >= 15 is 0 Å². The Morgan fingerprint density at radius 3 is 2.42 bits per heavy atom. The molecule has 0 bridgehead atoms. The second-order valence-electron chi connectivity index (χ2n) is 2.11. The molecule has 12 heavy (non-hydrogen) atoms. The lowest BCUT2D eigenvalue weighted by molar-refractivity contribution is 0.113. The first-order chi connectivity index (χ1) is 5.65. The molecule has 0 aromatic carbocycles. The number of hydrogen-bond acceptors (Lipinski definition) is 2. The molecule has 1 unspecified atom stereocenters. The van der Waals surface area contributed by atoms with E-state index in [0.29, 0.717) is 0 Å². The lowest BCUT2D eigenvalue weighted by Crippen LogP contribution is -1.89. The molecule has 2 nitrogen and oxygen atoms in total. The van der Waals surface area contributed by atoms with E-state index in [4.69, 9.17) is 11.5 Å². The van der Waals surface area contributed by atoms with Gasteiger partial charge in [-0.2, -0.15) is 0 Å². The maximum absolute atomic E-state index is 11.9. The minimum absolute atomic E-state index is 0.0344. The van der Waals surface area contributed by atoms with Gasteiger partial charge in [0.05, 0.1) is 0 Å². The molecule has 1 N–H and O–H groups in total. The fourth-order valence-electron chi connectivity index (χ4n) is 0.715. The Morgan fingerprint density at radius 2 is 2.00 bits per heavy atom. The van der Waals surface area contributed by atoms with E-state index in [9.17, 15) is 8.78 Å². The van der Waals surface area contributed by atoms with Gasteiger partial charge in [-0.25, -0.2) is 8.78 Å². The maximum Gasteiger partial charge on any atom is 0.295 e. The van der Waals surface area contributed by atoms with Crippen molar-refractivity contribution in [3.05, 3.63) is 23.7 Å². The van der Waals surface area contributed by atoms with Crippen LogP contribution in [0.2, 0.25) is 0 Å². The van der Waals surface area contributed by atoms with Crippen molar-refractivity contribution in [3.63, 3.8) is 0 Å². The molecule has 0 saturated carbocycles. The van der Waals surface area contributed by atoms with Gasteiger partial charge >= 0.3 is 0 Å². The Bertz CT molecular complexity index is 298. The number of furan rings is 1. The molecule has 0 saturated heterocycles. The highest BCUT2D eigenvalue weighted by Gasteiger charge is 2.15. The minimum atomic E-state index is -2.68. The summed E-state index contributed by atoms with van der Waals surface area (Å²) in [5.74, 6) is 1.43. The van der Waals surface area contributed by atoms with E-state index < -0.39 is 18.3 Å². The van der Waals surface area contributed by atoms with E-state index in [-0.39, 0.29) is 5.76 Å². The van der Waals surface area contributed by atoms with Crippen LogP contribution in [0.5, 0.6) is 0 Å². The Labute approximate surface area is 67.8 Å². The Balaban J connectivity index is 2.86. The van der Waals surface area contributed by atoms with Crippen LogP contribution in [0.15, 0.2) is 16.5 Å². The second kappa shape index (κ2) is 3.37. The third kappa shape index (κ3) is 1.63. The van der Waals surface area contributed by atoms with Crippen LogP contribution in [0.25, 0.3) is 0 Å². The molecule has 1 rings (SSSR count). The number of aliphatic hydroxyl groups is 1. The number of alkyl halides is 2. The summed E-state index contributed by atoms with van der Waals surface area (Å²) in [6.45, 7) is 0. The van der Waals surface area contributed by atoms with Gasteiger partial charge in [-0.3, -0.25) is 0 Å². The van der Waals surface area contributed by atoms with Crippen LogP contribution < -0.4 is 0 Å². The summed E-state index contributed by atoms with van der Waals surface area (Å²) in [5.41, 5.74) is 0. The first kappa shape index (κ1) is 8.75. The predicted molar refractivity (Wildman–Crippen MR) is 37.5 cm³/mol. The molecule has 4 heteroatoms. The van der Waals surface area contributed by atoms with Crippen LogP contribution in [-0.4, -0.2) is 5.11 Å². The molecule has 0 amide bonds. The summed E-state index contributed by atoms with van der Waals surface area (Å²) in [6.07, 6.45) is 0.912. The van der Waals surface area contributed by atoms with Gasteiger partial charge < -0.3 is 9.52 Å². The molecule has 0 aliphatic heterocycles. The van der Waals surface area contributed by atoms with Crippen LogP contribution in [0.1, 0.15) is 24.0 Å². The Hall–Kier alpha value is -1.34. The molecule has 64 valence electrons. The van der Waals surface area contributed by atoms with Gasteiger partial charge in [0.25, 0.3) is 6.43 Å². The number of terminal acetylenes is 1. The highest BCUT2D eigenvalue weighted by atomic mass is 19.3. The van der Waals surface area contributed by atoms with Crippen molar-refractivity contribution in [1.82, 2.24) is 0 Å².